The Bertz CT molecular complexity index is 859. The molecule has 1 aliphatic carbocycles. The van der Waals surface area contributed by atoms with Gasteiger partial charge in [-0.3, -0.25) is 14.4 Å². The van der Waals surface area contributed by atoms with E-state index < -0.39 is 53.5 Å². The molecule has 0 radical (unpaired) electrons. The van der Waals surface area contributed by atoms with E-state index in [1.165, 1.54) is 0 Å². The number of hydrogen-bond donors (Lipinski definition) is 5. The van der Waals surface area contributed by atoms with Crippen LogP contribution in [0.2, 0.25) is 0 Å². The first kappa shape index (κ1) is 31.9. The monoisotopic (exact) mass is 537 g/mol. The number of primary amides is 1. The van der Waals surface area contributed by atoms with E-state index in [9.17, 15) is 24.3 Å². The Kier molecular flexibility index (Phi) is 10.6. The van der Waals surface area contributed by atoms with E-state index in [4.69, 9.17) is 5.73 Å². The van der Waals surface area contributed by atoms with Crippen molar-refractivity contribution in [3.05, 3.63) is 0 Å². The van der Waals surface area contributed by atoms with Gasteiger partial charge in [-0.25, -0.2) is 4.79 Å². The summed E-state index contributed by atoms with van der Waals surface area (Å²) >= 11 is 0. The summed E-state index contributed by atoms with van der Waals surface area (Å²) in [5.41, 5.74) is 4.49. The number of rotatable bonds is 10. The molecule has 2 unspecified atom stereocenters. The largest absolute Gasteiger partial charge is 0.395 e. The Morgan fingerprint density at radius 2 is 1.61 bits per heavy atom. The van der Waals surface area contributed by atoms with Crippen molar-refractivity contribution in [2.24, 2.45) is 34.8 Å². The van der Waals surface area contributed by atoms with Crippen LogP contribution in [0.15, 0.2) is 0 Å². The molecule has 1 aliphatic heterocycles. The molecule has 0 aromatic heterocycles. The molecule has 5 amide bonds. The zero-order chi connectivity index (χ0) is 29.0. The van der Waals surface area contributed by atoms with E-state index in [2.05, 4.69) is 16.0 Å². The Morgan fingerprint density at radius 1 is 1.00 bits per heavy atom. The molecule has 0 aromatic carbocycles. The van der Waals surface area contributed by atoms with E-state index >= 15 is 0 Å². The van der Waals surface area contributed by atoms with Gasteiger partial charge in [0.25, 0.3) is 0 Å². The first-order valence-electron chi connectivity index (χ1n) is 14.1. The number of hydrogen-bond acceptors (Lipinski definition) is 5. The van der Waals surface area contributed by atoms with Crippen LogP contribution in [0.25, 0.3) is 0 Å². The summed E-state index contributed by atoms with van der Waals surface area (Å²) in [6, 6.07) is -2.66. The third-order valence-corrected chi connectivity index (χ3v) is 7.92. The summed E-state index contributed by atoms with van der Waals surface area (Å²) in [4.78, 5) is 54.3. The van der Waals surface area contributed by atoms with Crippen molar-refractivity contribution in [3.8, 4) is 0 Å². The number of carbonyl (C=O) groups is 4. The van der Waals surface area contributed by atoms with Gasteiger partial charge in [0.2, 0.25) is 17.7 Å². The standard InChI is InChI=1S/C28H51N5O5/c1-16(2)18-12-13-33(25(37)22(27(3,4)5)31-26(38)32-28(6,7)8)21(18)24(36)30-20(14-17-10-9-11-17)19(15-34)23(29)35/h16-22,34H,9-15H2,1-8H3,(H2,29,35)(H,30,36)(H2,31,32,38)/t18-,19?,20?,21+,22-/m1/s1. The van der Waals surface area contributed by atoms with Gasteiger partial charge < -0.3 is 31.7 Å². The van der Waals surface area contributed by atoms with Gasteiger partial charge >= 0.3 is 6.03 Å². The highest BCUT2D eigenvalue weighted by molar-refractivity contribution is 5.93. The van der Waals surface area contributed by atoms with Crippen molar-refractivity contribution in [2.75, 3.05) is 13.2 Å². The number of nitrogens with two attached hydrogens (primary N) is 1. The zero-order valence-corrected chi connectivity index (χ0v) is 24.6. The molecule has 10 nitrogen and oxygen atoms in total. The molecule has 218 valence electrons. The van der Waals surface area contributed by atoms with Crippen molar-refractivity contribution in [1.29, 1.82) is 0 Å². The molecule has 5 atom stereocenters. The number of aliphatic hydroxyl groups excluding tert-OH is 1. The number of carbonyl (C=O) groups excluding carboxylic acids is 4. The summed E-state index contributed by atoms with van der Waals surface area (Å²) in [7, 11) is 0. The topological polar surface area (TPSA) is 154 Å². The van der Waals surface area contributed by atoms with Crippen LogP contribution in [-0.2, 0) is 14.4 Å². The maximum Gasteiger partial charge on any atom is 0.315 e. The van der Waals surface area contributed by atoms with Gasteiger partial charge in [0, 0.05) is 18.1 Å². The van der Waals surface area contributed by atoms with Crippen LogP contribution in [0.1, 0.15) is 87.5 Å². The number of nitrogens with one attached hydrogen (secondary N) is 3. The van der Waals surface area contributed by atoms with E-state index in [1.807, 2.05) is 55.4 Å². The Labute approximate surface area is 228 Å². The third kappa shape index (κ3) is 8.32. The lowest BCUT2D eigenvalue weighted by atomic mass is 9.78. The minimum Gasteiger partial charge on any atom is -0.395 e. The first-order chi connectivity index (χ1) is 17.5. The summed E-state index contributed by atoms with van der Waals surface area (Å²) in [5.74, 6) is -1.80. The molecule has 1 saturated carbocycles. The smallest absolute Gasteiger partial charge is 0.315 e. The highest BCUT2D eigenvalue weighted by Gasteiger charge is 2.48. The van der Waals surface area contributed by atoms with Crippen LogP contribution in [-0.4, -0.2) is 70.6 Å². The molecule has 38 heavy (non-hydrogen) atoms. The normalized spacial score (nSPS) is 22.8. The molecule has 0 aromatic rings. The Morgan fingerprint density at radius 3 is 2.03 bits per heavy atom. The summed E-state index contributed by atoms with van der Waals surface area (Å²) < 4.78 is 0. The van der Waals surface area contributed by atoms with Crippen molar-refractivity contribution in [3.63, 3.8) is 0 Å². The summed E-state index contributed by atoms with van der Waals surface area (Å²) in [6.45, 7) is 15.2. The molecular weight excluding hydrogens is 486 g/mol. The van der Waals surface area contributed by atoms with Crippen molar-refractivity contribution >= 4 is 23.8 Å². The second-order valence-electron chi connectivity index (χ2n) is 13.7. The minimum absolute atomic E-state index is 0.0894. The maximum absolute atomic E-state index is 14.0. The molecule has 10 heteroatoms. The van der Waals surface area contributed by atoms with Crippen molar-refractivity contribution in [2.45, 2.75) is 111 Å². The quantitative estimate of drug-likeness (QED) is 0.289. The van der Waals surface area contributed by atoms with E-state index in [0.717, 1.165) is 19.3 Å². The Balaban J connectivity index is 2.33. The molecule has 6 N–H and O–H groups in total. The SMILES string of the molecule is CC(C)[C@H]1CCN(C(=O)[C@@H](NC(=O)NC(C)(C)C)C(C)(C)C)[C@@H]1C(=O)NC(CC1CCC1)C(CO)C(N)=O. The fourth-order valence-electron chi connectivity index (χ4n) is 5.51. The number of amides is 5. The predicted octanol–water partition coefficient (Wildman–Crippen LogP) is 2.14. The number of nitrogens with zero attached hydrogens (tertiary/aromatic N) is 1. The molecule has 2 aliphatic rings. The lowest BCUT2D eigenvalue weighted by Crippen LogP contribution is -2.62. The van der Waals surface area contributed by atoms with Gasteiger partial charge in [-0.1, -0.05) is 53.9 Å². The van der Waals surface area contributed by atoms with Crippen molar-refractivity contribution < 1.29 is 24.3 Å². The second kappa shape index (κ2) is 12.7. The molecule has 0 bridgehead atoms. The van der Waals surface area contributed by atoms with Crippen LogP contribution in [0.3, 0.4) is 0 Å². The fourth-order valence-corrected chi connectivity index (χ4v) is 5.51. The number of aliphatic hydroxyl groups is 1. The molecule has 2 fully saturated rings. The molecule has 0 spiro atoms. The maximum atomic E-state index is 14.0. The van der Waals surface area contributed by atoms with Crippen LogP contribution in [0, 0.1) is 29.1 Å². The summed E-state index contributed by atoms with van der Waals surface area (Å²) in [5, 5.41) is 18.6. The van der Waals surface area contributed by atoms with E-state index in [-0.39, 0.29) is 23.7 Å². The number of urea groups is 1. The van der Waals surface area contributed by atoms with Gasteiger partial charge in [-0.2, -0.15) is 0 Å². The van der Waals surface area contributed by atoms with E-state index in [0.29, 0.717) is 25.3 Å². The van der Waals surface area contributed by atoms with Crippen LogP contribution in [0.4, 0.5) is 4.79 Å². The zero-order valence-electron chi connectivity index (χ0n) is 24.6. The average molecular weight is 538 g/mol. The third-order valence-electron chi connectivity index (χ3n) is 7.92. The first-order valence-corrected chi connectivity index (χ1v) is 14.1. The molecule has 1 saturated heterocycles. The van der Waals surface area contributed by atoms with Crippen molar-refractivity contribution in [1.82, 2.24) is 20.9 Å². The lowest BCUT2D eigenvalue weighted by Gasteiger charge is -2.38. The highest BCUT2D eigenvalue weighted by Crippen LogP contribution is 2.35. The van der Waals surface area contributed by atoms with E-state index in [1.54, 1.807) is 4.90 Å². The molecular formula is C28H51N5O5. The predicted molar refractivity (Wildman–Crippen MR) is 147 cm³/mol. The fraction of sp³-hybridized carbons (Fsp3) is 0.857. The average Bonchev–Trinajstić information content (AvgIpc) is 3.17. The van der Waals surface area contributed by atoms with Gasteiger partial charge in [-0.05, 0) is 56.8 Å². The van der Waals surface area contributed by atoms with Crippen LogP contribution in [0.5, 0.6) is 0 Å². The summed E-state index contributed by atoms with van der Waals surface area (Å²) in [6.07, 6.45) is 4.35. The van der Waals surface area contributed by atoms with Gasteiger partial charge in [-0.15, -0.1) is 0 Å². The molecule has 2 rings (SSSR count). The highest BCUT2D eigenvalue weighted by atomic mass is 16.3. The van der Waals surface area contributed by atoms with Gasteiger partial charge in [0.15, 0.2) is 0 Å². The van der Waals surface area contributed by atoms with Gasteiger partial charge in [0.05, 0.1) is 12.5 Å². The number of likely N-dealkylation sites (tertiary alicyclic amines) is 1. The van der Waals surface area contributed by atoms with Gasteiger partial charge in [0.1, 0.15) is 12.1 Å². The molecule has 1 heterocycles. The Hall–Kier alpha value is -2.36. The second-order valence-corrected chi connectivity index (χ2v) is 13.7. The minimum atomic E-state index is -0.896. The lowest BCUT2D eigenvalue weighted by molar-refractivity contribution is -0.143. The van der Waals surface area contributed by atoms with Crippen LogP contribution < -0.4 is 21.7 Å². The van der Waals surface area contributed by atoms with Crippen LogP contribution >= 0.6 is 0 Å².